The summed E-state index contributed by atoms with van der Waals surface area (Å²) in [5.74, 6) is -5.38. The number of ether oxygens (including phenoxy) is 1. The molecule has 0 aliphatic rings. The predicted octanol–water partition coefficient (Wildman–Crippen LogP) is 0.494. The van der Waals surface area contributed by atoms with Gasteiger partial charge in [0.15, 0.2) is 11.2 Å². The SMILES string of the molecule is CCC(=O)OC(C=C(C)C(=O)O)(C=C(C)C(=O)O)C(O)(C=C(C)C(=O)O)CO. The van der Waals surface area contributed by atoms with Crippen LogP contribution in [0.15, 0.2) is 34.9 Å². The third kappa shape index (κ3) is 6.03. The first-order chi connectivity index (χ1) is 12.7. The number of hydrogen-bond donors (Lipinski definition) is 5. The molecule has 0 saturated heterocycles. The summed E-state index contributed by atoms with van der Waals surface area (Å²) in [6.45, 7) is 3.43. The number of hydrogen-bond acceptors (Lipinski definition) is 7. The molecule has 156 valence electrons. The van der Waals surface area contributed by atoms with Crippen LogP contribution < -0.4 is 0 Å². The second-order valence-corrected chi connectivity index (χ2v) is 6.10. The zero-order chi connectivity index (χ0) is 22.3. The molecule has 0 saturated carbocycles. The molecule has 0 aliphatic carbocycles. The molecule has 0 aromatic heterocycles. The molecule has 10 heteroatoms. The summed E-state index contributed by atoms with van der Waals surface area (Å²) in [6, 6.07) is 0. The molecule has 0 amide bonds. The van der Waals surface area contributed by atoms with Gasteiger partial charge in [-0.3, -0.25) is 4.79 Å². The van der Waals surface area contributed by atoms with Crippen LogP contribution in [0.1, 0.15) is 34.1 Å². The van der Waals surface area contributed by atoms with Gasteiger partial charge in [-0.05, 0) is 39.0 Å². The Kier molecular flexibility index (Phi) is 8.77. The van der Waals surface area contributed by atoms with Crippen LogP contribution in [-0.2, 0) is 23.9 Å². The molecule has 0 aromatic carbocycles. The second-order valence-electron chi connectivity index (χ2n) is 6.10. The van der Waals surface area contributed by atoms with Gasteiger partial charge in [-0.25, -0.2) is 14.4 Å². The van der Waals surface area contributed by atoms with Gasteiger partial charge in [0.05, 0.1) is 6.61 Å². The van der Waals surface area contributed by atoms with E-state index in [-0.39, 0.29) is 6.42 Å². The molecule has 1 atom stereocenters. The van der Waals surface area contributed by atoms with Crippen molar-refractivity contribution >= 4 is 23.9 Å². The summed E-state index contributed by atoms with van der Waals surface area (Å²) in [7, 11) is 0. The fourth-order valence-corrected chi connectivity index (χ4v) is 2.17. The highest BCUT2D eigenvalue weighted by Crippen LogP contribution is 2.35. The Bertz CT molecular complexity index is 713. The lowest BCUT2D eigenvalue weighted by atomic mass is 9.78. The molecule has 10 nitrogen and oxygen atoms in total. The molecule has 0 fully saturated rings. The van der Waals surface area contributed by atoms with E-state index in [1.165, 1.54) is 6.92 Å². The molecule has 0 rings (SSSR count). The van der Waals surface area contributed by atoms with Gasteiger partial charge in [0.1, 0.15) is 0 Å². The number of carboxylic acid groups (broad SMARTS) is 3. The third-order valence-corrected chi connectivity index (χ3v) is 3.82. The van der Waals surface area contributed by atoms with Gasteiger partial charge in [0.25, 0.3) is 0 Å². The lowest BCUT2D eigenvalue weighted by Crippen LogP contribution is -2.56. The van der Waals surface area contributed by atoms with E-state index in [0.717, 1.165) is 32.9 Å². The fraction of sp³-hybridized carbons (Fsp3) is 0.444. The Hall–Kier alpha value is -2.98. The zero-order valence-corrected chi connectivity index (χ0v) is 15.9. The van der Waals surface area contributed by atoms with Crippen LogP contribution in [0.2, 0.25) is 0 Å². The minimum Gasteiger partial charge on any atom is -0.478 e. The van der Waals surface area contributed by atoms with Crippen LogP contribution in [0.3, 0.4) is 0 Å². The molecule has 0 radical (unpaired) electrons. The number of aliphatic hydroxyl groups is 2. The lowest BCUT2D eigenvalue weighted by Gasteiger charge is -2.41. The fourth-order valence-electron chi connectivity index (χ4n) is 2.17. The Morgan fingerprint density at radius 3 is 1.46 bits per heavy atom. The summed E-state index contributed by atoms with van der Waals surface area (Å²) < 4.78 is 5.20. The van der Waals surface area contributed by atoms with Gasteiger partial charge in [-0.15, -0.1) is 0 Å². The standard InChI is InChI=1S/C18H24O10/c1-5-13(20)28-18(7-11(3)15(23)24,8-12(4)16(25)26)17(27,9-19)6-10(2)14(21)22/h6-8,19,27H,5,9H2,1-4H3,(H,21,22)(H,23,24)(H,25,26). The highest BCUT2D eigenvalue weighted by molar-refractivity contribution is 5.89. The first kappa shape index (κ1) is 25.0. The first-order valence-electron chi connectivity index (χ1n) is 8.08. The van der Waals surface area contributed by atoms with Crippen LogP contribution >= 0.6 is 0 Å². The quantitative estimate of drug-likeness (QED) is 0.256. The van der Waals surface area contributed by atoms with Gasteiger partial charge in [-0.2, -0.15) is 0 Å². The molecule has 0 spiro atoms. The summed E-state index contributed by atoms with van der Waals surface area (Å²) in [4.78, 5) is 45.8. The molecule has 0 heterocycles. The van der Waals surface area contributed by atoms with E-state index in [1.807, 2.05) is 0 Å². The number of carboxylic acids is 3. The first-order valence-corrected chi connectivity index (χ1v) is 8.08. The normalized spacial score (nSPS) is 17.3. The van der Waals surface area contributed by atoms with Crippen LogP contribution in [0, 0.1) is 0 Å². The van der Waals surface area contributed by atoms with Crippen LogP contribution in [-0.4, -0.2) is 67.2 Å². The van der Waals surface area contributed by atoms with Crippen molar-refractivity contribution in [2.45, 2.75) is 45.3 Å². The van der Waals surface area contributed by atoms with Gasteiger partial charge in [0, 0.05) is 23.1 Å². The highest BCUT2D eigenvalue weighted by Gasteiger charge is 2.50. The summed E-state index contributed by atoms with van der Waals surface area (Å²) >= 11 is 0. The van der Waals surface area contributed by atoms with Crippen molar-refractivity contribution < 1.29 is 49.4 Å². The Balaban J connectivity index is 7.21. The summed E-state index contributed by atoms with van der Waals surface area (Å²) in [5.41, 5.74) is -6.57. The molecule has 0 bridgehead atoms. The third-order valence-electron chi connectivity index (χ3n) is 3.82. The molecule has 28 heavy (non-hydrogen) atoms. The molecule has 1 unspecified atom stereocenters. The van der Waals surface area contributed by atoms with E-state index in [4.69, 9.17) is 9.84 Å². The van der Waals surface area contributed by atoms with Gasteiger partial charge in [0.2, 0.25) is 0 Å². The Morgan fingerprint density at radius 1 is 0.821 bits per heavy atom. The zero-order valence-electron chi connectivity index (χ0n) is 15.9. The Morgan fingerprint density at radius 2 is 1.18 bits per heavy atom. The number of carbonyl (C=O) groups is 4. The van der Waals surface area contributed by atoms with Gasteiger partial charge < -0.3 is 30.3 Å². The van der Waals surface area contributed by atoms with Crippen molar-refractivity contribution in [2.24, 2.45) is 0 Å². The molecule has 0 aliphatic heterocycles. The molecule has 0 aromatic rings. The second kappa shape index (κ2) is 9.81. The van der Waals surface area contributed by atoms with Crippen molar-refractivity contribution in [3.63, 3.8) is 0 Å². The predicted molar refractivity (Wildman–Crippen MR) is 95.3 cm³/mol. The monoisotopic (exact) mass is 400 g/mol. The van der Waals surface area contributed by atoms with Gasteiger partial charge in [-0.1, -0.05) is 6.92 Å². The summed E-state index contributed by atoms with van der Waals surface area (Å²) in [5, 5.41) is 48.3. The van der Waals surface area contributed by atoms with Gasteiger partial charge >= 0.3 is 23.9 Å². The van der Waals surface area contributed by atoms with Crippen molar-refractivity contribution in [3.05, 3.63) is 34.9 Å². The minimum atomic E-state index is -2.69. The van der Waals surface area contributed by atoms with Crippen LogP contribution in [0.4, 0.5) is 0 Å². The number of rotatable bonds is 10. The number of esters is 1. The maximum Gasteiger partial charge on any atom is 0.331 e. The highest BCUT2D eigenvalue weighted by atomic mass is 16.6. The van der Waals surface area contributed by atoms with Crippen molar-refractivity contribution in [1.82, 2.24) is 0 Å². The van der Waals surface area contributed by atoms with E-state index in [1.54, 1.807) is 0 Å². The largest absolute Gasteiger partial charge is 0.478 e. The minimum absolute atomic E-state index is 0.231. The maximum atomic E-state index is 12.0. The van der Waals surface area contributed by atoms with E-state index < -0.39 is 58.4 Å². The van der Waals surface area contributed by atoms with E-state index in [0.29, 0.717) is 6.08 Å². The van der Waals surface area contributed by atoms with Crippen molar-refractivity contribution in [2.75, 3.05) is 6.61 Å². The van der Waals surface area contributed by atoms with E-state index >= 15 is 0 Å². The maximum absolute atomic E-state index is 12.0. The van der Waals surface area contributed by atoms with Crippen LogP contribution in [0.25, 0.3) is 0 Å². The number of carbonyl (C=O) groups excluding carboxylic acids is 1. The number of aliphatic hydroxyl groups excluding tert-OH is 1. The van der Waals surface area contributed by atoms with E-state index in [9.17, 15) is 39.6 Å². The molecular formula is C18H24O10. The molecule has 5 N–H and O–H groups in total. The lowest BCUT2D eigenvalue weighted by molar-refractivity contribution is -0.171. The molecular weight excluding hydrogens is 376 g/mol. The average Bonchev–Trinajstić information content (AvgIpc) is 2.60. The Labute approximate surface area is 161 Å². The average molecular weight is 400 g/mol. The van der Waals surface area contributed by atoms with Crippen LogP contribution in [0.5, 0.6) is 0 Å². The topological polar surface area (TPSA) is 179 Å². The van der Waals surface area contributed by atoms with Crippen molar-refractivity contribution in [1.29, 1.82) is 0 Å². The smallest absolute Gasteiger partial charge is 0.331 e. The van der Waals surface area contributed by atoms with Crippen molar-refractivity contribution in [3.8, 4) is 0 Å². The summed E-state index contributed by atoms with van der Waals surface area (Å²) in [6.07, 6.45) is 1.93. The van der Waals surface area contributed by atoms with E-state index in [2.05, 4.69) is 0 Å². The number of aliphatic carboxylic acids is 3.